The van der Waals surface area contributed by atoms with Crippen LogP contribution in [0.4, 0.5) is 11.5 Å². The van der Waals surface area contributed by atoms with Gasteiger partial charge in [-0.2, -0.15) is 0 Å². The smallest absolute Gasteiger partial charge is 0.356 e. The van der Waals surface area contributed by atoms with E-state index in [4.69, 9.17) is 5.73 Å². The maximum Gasteiger partial charge on any atom is 0.356 e. The molecule has 0 radical (unpaired) electrons. The monoisotopic (exact) mass is 296 g/mol. The number of nitrogens with two attached hydrogens (primary N) is 1. The van der Waals surface area contributed by atoms with E-state index in [9.17, 15) is 19.7 Å². The topological polar surface area (TPSA) is 137 Å². The first-order valence-corrected chi connectivity index (χ1v) is 5.96. The lowest BCUT2D eigenvalue weighted by Gasteiger charge is -2.25. The lowest BCUT2D eigenvalue weighted by molar-refractivity contribution is -0.384. The van der Waals surface area contributed by atoms with E-state index in [1.54, 1.807) is 13.8 Å². The normalized spacial score (nSPS) is 10.8. The molecule has 0 fully saturated rings. The number of esters is 1. The van der Waals surface area contributed by atoms with Gasteiger partial charge in [-0.15, -0.1) is 0 Å². The summed E-state index contributed by atoms with van der Waals surface area (Å²) >= 11 is 0. The van der Waals surface area contributed by atoms with Crippen molar-refractivity contribution in [3.63, 3.8) is 0 Å². The number of nitro groups is 1. The number of rotatable bonds is 6. The van der Waals surface area contributed by atoms with Crippen LogP contribution in [0.15, 0.2) is 12.1 Å². The zero-order valence-corrected chi connectivity index (χ0v) is 11.9. The van der Waals surface area contributed by atoms with Crippen LogP contribution in [-0.4, -0.2) is 34.4 Å². The van der Waals surface area contributed by atoms with Crippen LogP contribution in [0.25, 0.3) is 0 Å². The molecular weight excluding hydrogens is 280 g/mol. The predicted octanol–water partition coefficient (Wildman–Crippen LogP) is 0.842. The first-order valence-electron chi connectivity index (χ1n) is 5.96. The number of hydrogen-bond donors (Lipinski definition) is 2. The number of anilines is 1. The molecular formula is C12H16N4O5. The molecule has 0 bridgehead atoms. The molecule has 1 rings (SSSR count). The Morgan fingerprint density at radius 2 is 2.10 bits per heavy atom. The lowest BCUT2D eigenvalue weighted by Crippen LogP contribution is -2.36. The summed E-state index contributed by atoms with van der Waals surface area (Å²) in [5.74, 6) is -1.42. The van der Waals surface area contributed by atoms with Crippen molar-refractivity contribution in [1.82, 2.24) is 4.98 Å². The van der Waals surface area contributed by atoms with Gasteiger partial charge in [0.1, 0.15) is 0 Å². The molecule has 0 saturated carbocycles. The second-order valence-corrected chi connectivity index (χ2v) is 4.96. The molecule has 0 aliphatic rings. The molecule has 1 amide bonds. The van der Waals surface area contributed by atoms with Crippen molar-refractivity contribution in [2.24, 2.45) is 5.73 Å². The van der Waals surface area contributed by atoms with Crippen LogP contribution in [0.5, 0.6) is 0 Å². The number of aromatic nitrogens is 1. The average Bonchev–Trinajstić information content (AvgIpc) is 2.35. The highest BCUT2D eigenvalue weighted by Crippen LogP contribution is 2.26. The number of amides is 1. The maximum absolute atomic E-state index is 11.4. The molecule has 1 aromatic rings. The summed E-state index contributed by atoms with van der Waals surface area (Å²) in [6.07, 6.45) is -0.0612. The molecule has 1 heterocycles. The van der Waals surface area contributed by atoms with Gasteiger partial charge in [0.05, 0.1) is 12.0 Å². The van der Waals surface area contributed by atoms with Crippen LogP contribution in [-0.2, 0) is 9.53 Å². The summed E-state index contributed by atoms with van der Waals surface area (Å²) in [5, 5.41) is 13.8. The van der Waals surface area contributed by atoms with Crippen LogP contribution in [0.1, 0.15) is 30.8 Å². The maximum atomic E-state index is 11.4. The van der Waals surface area contributed by atoms with Gasteiger partial charge in [0.2, 0.25) is 11.7 Å². The molecule has 3 N–H and O–H groups in total. The lowest BCUT2D eigenvalue weighted by atomic mass is 10.0. The summed E-state index contributed by atoms with van der Waals surface area (Å²) < 4.78 is 4.51. The molecule has 0 aliphatic carbocycles. The van der Waals surface area contributed by atoms with Crippen molar-refractivity contribution in [2.45, 2.75) is 25.8 Å². The van der Waals surface area contributed by atoms with Crippen LogP contribution in [0.3, 0.4) is 0 Å². The molecule has 0 aromatic carbocycles. The van der Waals surface area contributed by atoms with Crippen molar-refractivity contribution < 1.29 is 19.2 Å². The highest BCUT2D eigenvalue weighted by atomic mass is 16.6. The molecule has 0 saturated heterocycles. The fourth-order valence-corrected chi connectivity index (χ4v) is 1.71. The minimum Gasteiger partial charge on any atom is -0.464 e. The largest absolute Gasteiger partial charge is 0.464 e. The molecule has 1 aromatic heterocycles. The highest BCUT2D eigenvalue weighted by molar-refractivity contribution is 5.88. The molecule has 9 heteroatoms. The summed E-state index contributed by atoms with van der Waals surface area (Å²) in [7, 11) is 1.18. The van der Waals surface area contributed by atoms with E-state index in [-0.39, 0.29) is 23.6 Å². The van der Waals surface area contributed by atoms with E-state index in [2.05, 4.69) is 15.0 Å². The van der Waals surface area contributed by atoms with E-state index >= 15 is 0 Å². The van der Waals surface area contributed by atoms with Crippen LogP contribution < -0.4 is 11.1 Å². The predicted molar refractivity (Wildman–Crippen MR) is 73.7 cm³/mol. The third-order valence-electron chi connectivity index (χ3n) is 2.54. The van der Waals surface area contributed by atoms with Gasteiger partial charge in [-0.3, -0.25) is 14.9 Å². The Labute approximate surface area is 120 Å². The van der Waals surface area contributed by atoms with Crippen molar-refractivity contribution in [3.8, 4) is 0 Å². The summed E-state index contributed by atoms with van der Waals surface area (Å²) in [6.45, 7) is 3.27. The molecule has 21 heavy (non-hydrogen) atoms. The number of nitrogens with one attached hydrogen (secondary N) is 1. The van der Waals surface area contributed by atoms with Crippen molar-refractivity contribution >= 4 is 23.4 Å². The van der Waals surface area contributed by atoms with Crippen molar-refractivity contribution in [3.05, 3.63) is 27.9 Å². The van der Waals surface area contributed by atoms with Gasteiger partial charge in [-0.1, -0.05) is 0 Å². The van der Waals surface area contributed by atoms with Crippen LogP contribution >= 0.6 is 0 Å². The second-order valence-electron chi connectivity index (χ2n) is 4.96. The molecule has 0 atom stereocenters. The second kappa shape index (κ2) is 6.16. The quantitative estimate of drug-likeness (QED) is 0.450. The van der Waals surface area contributed by atoms with E-state index in [0.29, 0.717) is 0 Å². The highest BCUT2D eigenvalue weighted by Gasteiger charge is 2.26. The number of hydrogen-bond acceptors (Lipinski definition) is 7. The fourth-order valence-electron chi connectivity index (χ4n) is 1.71. The number of nitrogens with zero attached hydrogens (tertiary/aromatic N) is 2. The zero-order chi connectivity index (χ0) is 16.2. The van der Waals surface area contributed by atoms with Crippen molar-refractivity contribution in [2.75, 3.05) is 12.4 Å². The average molecular weight is 296 g/mol. The van der Waals surface area contributed by atoms with E-state index in [1.807, 2.05) is 0 Å². The minimum atomic E-state index is -0.863. The van der Waals surface area contributed by atoms with Gasteiger partial charge in [-0.05, 0) is 19.9 Å². The fraction of sp³-hybridized carbons (Fsp3) is 0.417. The number of carbonyl (C=O) groups is 2. The Kier molecular flexibility index (Phi) is 4.79. The summed E-state index contributed by atoms with van der Waals surface area (Å²) in [6, 6.07) is 2.33. The van der Waals surface area contributed by atoms with Gasteiger partial charge in [-0.25, -0.2) is 9.78 Å². The summed E-state index contributed by atoms with van der Waals surface area (Å²) in [5.41, 5.74) is 3.86. The number of carbonyl (C=O) groups excluding carboxylic acids is 2. The van der Waals surface area contributed by atoms with Crippen LogP contribution in [0.2, 0.25) is 0 Å². The molecule has 0 spiro atoms. The van der Waals surface area contributed by atoms with Crippen molar-refractivity contribution in [1.29, 1.82) is 0 Å². The minimum absolute atomic E-state index is 0.0612. The van der Waals surface area contributed by atoms with Gasteiger partial charge >= 0.3 is 11.7 Å². The Morgan fingerprint density at radius 1 is 1.48 bits per heavy atom. The SMILES string of the molecule is COC(=O)c1ccc([N+](=O)[O-])c(NC(C)(C)CC(N)=O)n1. The molecule has 0 aliphatic heterocycles. The van der Waals surface area contributed by atoms with Gasteiger partial charge in [0.15, 0.2) is 5.69 Å². The number of primary amides is 1. The number of methoxy groups -OCH3 is 1. The Balaban J connectivity index is 3.20. The Hall–Kier alpha value is -2.71. The zero-order valence-electron chi connectivity index (χ0n) is 11.9. The molecule has 114 valence electrons. The van der Waals surface area contributed by atoms with Gasteiger partial charge in [0.25, 0.3) is 0 Å². The third-order valence-corrected chi connectivity index (χ3v) is 2.54. The van der Waals surface area contributed by atoms with E-state index in [1.165, 1.54) is 13.2 Å². The standard InChI is InChI=1S/C12H16N4O5/c1-12(2,6-9(13)17)15-10-8(16(19)20)5-4-7(14-10)11(18)21-3/h4-5H,6H2,1-3H3,(H2,13,17)(H,14,15). The van der Waals surface area contributed by atoms with Crippen LogP contribution in [0, 0.1) is 10.1 Å². The van der Waals surface area contributed by atoms with E-state index in [0.717, 1.165) is 6.07 Å². The third kappa shape index (κ3) is 4.41. The van der Waals surface area contributed by atoms with Gasteiger partial charge < -0.3 is 15.8 Å². The Bertz CT molecular complexity index is 585. The molecule has 9 nitrogen and oxygen atoms in total. The van der Waals surface area contributed by atoms with Gasteiger partial charge in [0, 0.05) is 18.0 Å². The Morgan fingerprint density at radius 3 is 2.57 bits per heavy atom. The summed E-state index contributed by atoms with van der Waals surface area (Å²) in [4.78, 5) is 36.7. The molecule has 0 unspecified atom stereocenters. The first kappa shape index (κ1) is 16.3. The number of ether oxygens (including phenoxy) is 1. The number of pyridine rings is 1. The van der Waals surface area contributed by atoms with E-state index < -0.39 is 22.3 Å². The first-order chi connectivity index (χ1) is 9.66.